The molecule has 7 heteroatoms. The van der Waals surface area contributed by atoms with E-state index < -0.39 is 22.2 Å². The van der Waals surface area contributed by atoms with Crippen molar-refractivity contribution in [1.82, 2.24) is 8.61 Å². The number of carbonyl (C=O) groups is 1. The number of carboxylic acids is 1. The number of carboxylic acid groups (broad SMARTS) is 1. The van der Waals surface area contributed by atoms with Crippen LogP contribution in [-0.4, -0.2) is 53.8 Å². The lowest BCUT2D eigenvalue weighted by Crippen LogP contribution is -2.54. The standard InChI is InChI=1S/C14H28N2O4S/c1-11(2)9-15(10-12(3)4)21(19,20)16-8-6-5-7-13(16)14(17)18/h11-13H,5-10H2,1-4H3,(H,17,18). The zero-order chi connectivity index (χ0) is 16.2. The quantitative estimate of drug-likeness (QED) is 0.775. The molecular weight excluding hydrogens is 292 g/mol. The van der Waals surface area contributed by atoms with E-state index >= 15 is 0 Å². The van der Waals surface area contributed by atoms with Crippen molar-refractivity contribution < 1.29 is 18.3 Å². The van der Waals surface area contributed by atoms with Crippen molar-refractivity contribution in [2.24, 2.45) is 11.8 Å². The lowest BCUT2D eigenvalue weighted by Gasteiger charge is -2.37. The highest BCUT2D eigenvalue weighted by molar-refractivity contribution is 7.86. The molecule has 0 aromatic rings. The van der Waals surface area contributed by atoms with Crippen molar-refractivity contribution in [3.05, 3.63) is 0 Å². The lowest BCUT2D eigenvalue weighted by molar-refractivity contribution is -0.142. The second-order valence-corrected chi connectivity index (χ2v) is 8.45. The minimum atomic E-state index is -3.72. The van der Waals surface area contributed by atoms with E-state index in [1.54, 1.807) is 0 Å². The maximum Gasteiger partial charge on any atom is 0.322 e. The van der Waals surface area contributed by atoms with Gasteiger partial charge in [0.05, 0.1) is 0 Å². The van der Waals surface area contributed by atoms with E-state index in [0.29, 0.717) is 26.1 Å². The van der Waals surface area contributed by atoms with Crippen LogP contribution in [0.15, 0.2) is 0 Å². The summed E-state index contributed by atoms with van der Waals surface area (Å²) in [6.07, 6.45) is 1.88. The van der Waals surface area contributed by atoms with Crippen LogP contribution in [0.2, 0.25) is 0 Å². The molecule has 0 radical (unpaired) electrons. The van der Waals surface area contributed by atoms with E-state index in [1.165, 1.54) is 8.61 Å². The zero-order valence-corrected chi connectivity index (χ0v) is 14.3. The summed E-state index contributed by atoms with van der Waals surface area (Å²) >= 11 is 0. The Hall–Kier alpha value is -0.660. The third-order valence-electron chi connectivity index (χ3n) is 3.50. The fourth-order valence-electron chi connectivity index (χ4n) is 2.65. The summed E-state index contributed by atoms with van der Waals surface area (Å²) in [5, 5.41) is 9.29. The third-order valence-corrected chi connectivity index (χ3v) is 5.48. The molecule has 0 aromatic heterocycles. The first-order chi connectivity index (χ1) is 9.66. The lowest BCUT2D eigenvalue weighted by atomic mass is 10.1. The van der Waals surface area contributed by atoms with Gasteiger partial charge in [-0.2, -0.15) is 17.0 Å². The van der Waals surface area contributed by atoms with Crippen LogP contribution in [0.25, 0.3) is 0 Å². The maximum absolute atomic E-state index is 12.9. The Morgan fingerprint density at radius 2 is 1.71 bits per heavy atom. The van der Waals surface area contributed by atoms with Gasteiger partial charge in [0.25, 0.3) is 10.2 Å². The van der Waals surface area contributed by atoms with Crippen molar-refractivity contribution in [3.63, 3.8) is 0 Å². The third kappa shape index (κ3) is 4.93. The molecule has 0 aliphatic carbocycles. The topological polar surface area (TPSA) is 77.9 Å². The molecule has 1 atom stereocenters. The molecule has 0 bridgehead atoms. The van der Waals surface area contributed by atoms with Crippen molar-refractivity contribution in [3.8, 4) is 0 Å². The smallest absolute Gasteiger partial charge is 0.322 e. The van der Waals surface area contributed by atoms with Gasteiger partial charge >= 0.3 is 5.97 Å². The fourth-order valence-corrected chi connectivity index (χ4v) is 4.80. The van der Waals surface area contributed by atoms with Crippen LogP contribution in [0.1, 0.15) is 47.0 Å². The second-order valence-electron chi connectivity index (χ2n) is 6.57. The Morgan fingerprint density at radius 3 is 2.14 bits per heavy atom. The Bertz CT molecular complexity index is 438. The van der Waals surface area contributed by atoms with Crippen LogP contribution in [0.3, 0.4) is 0 Å². The molecule has 1 rings (SSSR count). The van der Waals surface area contributed by atoms with Crippen LogP contribution >= 0.6 is 0 Å². The van der Waals surface area contributed by atoms with E-state index in [0.717, 1.165) is 12.8 Å². The summed E-state index contributed by atoms with van der Waals surface area (Å²) < 4.78 is 28.4. The summed E-state index contributed by atoms with van der Waals surface area (Å²) in [5.74, 6) is -0.648. The summed E-state index contributed by atoms with van der Waals surface area (Å²) in [6.45, 7) is 9.00. The number of hydrogen-bond donors (Lipinski definition) is 1. The Balaban J connectivity index is 3.04. The first-order valence-corrected chi connectivity index (χ1v) is 9.05. The zero-order valence-electron chi connectivity index (χ0n) is 13.4. The molecule has 6 nitrogen and oxygen atoms in total. The number of rotatable bonds is 7. The van der Waals surface area contributed by atoms with Gasteiger partial charge in [-0.1, -0.05) is 27.7 Å². The van der Waals surface area contributed by atoms with Gasteiger partial charge in [-0.3, -0.25) is 4.79 Å². The highest BCUT2D eigenvalue weighted by Crippen LogP contribution is 2.24. The van der Waals surface area contributed by atoms with Crippen molar-refractivity contribution in [1.29, 1.82) is 0 Å². The first kappa shape index (κ1) is 18.4. The SMILES string of the molecule is CC(C)CN(CC(C)C)S(=O)(=O)N1CCCCC1C(=O)O. The van der Waals surface area contributed by atoms with E-state index in [1.807, 2.05) is 27.7 Å². The van der Waals surface area contributed by atoms with Gasteiger partial charge in [-0.25, -0.2) is 0 Å². The van der Waals surface area contributed by atoms with Crippen molar-refractivity contribution in [2.75, 3.05) is 19.6 Å². The molecule has 21 heavy (non-hydrogen) atoms. The number of hydrogen-bond acceptors (Lipinski definition) is 3. The summed E-state index contributed by atoms with van der Waals surface area (Å²) in [7, 11) is -3.72. The van der Waals surface area contributed by atoms with Crippen LogP contribution in [0.5, 0.6) is 0 Å². The minimum absolute atomic E-state index is 0.201. The van der Waals surface area contributed by atoms with Gasteiger partial charge < -0.3 is 5.11 Å². The van der Waals surface area contributed by atoms with E-state index in [2.05, 4.69) is 0 Å². The number of piperidine rings is 1. The normalized spacial score (nSPS) is 21.4. The van der Waals surface area contributed by atoms with Crippen LogP contribution in [0.4, 0.5) is 0 Å². The highest BCUT2D eigenvalue weighted by Gasteiger charge is 2.40. The van der Waals surface area contributed by atoms with Crippen LogP contribution in [-0.2, 0) is 15.0 Å². The Kier molecular flexibility index (Phi) is 6.62. The molecule has 0 aromatic carbocycles. The van der Waals surface area contributed by atoms with Gasteiger partial charge in [0, 0.05) is 19.6 Å². The van der Waals surface area contributed by atoms with Crippen LogP contribution in [0, 0.1) is 11.8 Å². The molecular formula is C14H28N2O4S. The van der Waals surface area contributed by atoms with Crippen LogP contribution < -0.4 is 0 Å². The maximum atomic E-state index is 12.9. The summed E-state index contributed by atoms with van der Waals surface area (Å²) in [4.78, 5) is 11.4. The van der Waals surface area contributed by atoms with Gasteiger partial charge in [-0.05, 0) is 31.1 Å². The number of aliphatic carboxylic acids is 1. The van der Waals surface area contributed by atoms with E-state index in [4.69, 9.17) is 0 Å². The van der Waals surface area contributed by atoms with Gasteiger partial charge in [0.2, 0.25) is 0 Å². The van der Waals surface area contributed by atoms with Crippen molar-refractivity contribution >= 4 is 16.2 Å². The molecule has 0 spiro atoms. The molecule has 1 fully saturated rings. The summed E-state index contributed by atoms with van der Waals surface area (Å²) in [6, 6.07) is -0.925. The van der Waals surface area contributed by atoms with Gasteiger partial charge in [-0.15, -0.1) is 0 Å². The molecule has 1 aliphatic heterocycles. The summed E-state index contributed by atoms with van der Waals surface area (Å²) in [5.41, 5.74) is 0. The molecule has 0 amide bonds. The molecule has 1 saturated heterocycles. The van der Waals surface area contributed by atoms with E-state index in [9.17, 15) is 18.3 Å². The largest absolute Gasteiger partial charge is 0.480 e. The Morgan fingerprint density at radius 1 is 1.19 bits per heavy atom. The molecule has 1 unspecified atom stereocenters. The minimum Gasteiger partial charge on any atom is -0.480 e. The predicted molar refractivity (Wildman–Crippen MR) is 82.1 cm³/mol. The fraction of sp³-hybridized carbons (Fsp3) is 0.929. The molecule has 1 heterocycles. The Labute approximate surface area is 128 Å². The van der Waals surface area contributed by atoms with Gasteiger partial charge in [0.15, 0.2) is 0 Å². The number of nitrogens with zero attached hydrogens (tertiary/aromatic N) is 2. The monoisotopic (exact) mass is 320 g/mol. The average Bonchev–Trinajstić information content (AvgIpc) is 2.36. The molecule has 1 aliphatic rings. The second kappa shape index (κ2) is 7.56. The molecule has 124 valence electrons. The average molecular weight is 320 g/mol. The van der Waals surface area contributed by atoms with Gasteiger partial charge in [0.1, 0.15) is 6.04 Å². The predicted octanol–water partition coefficient (Wildman–Crippen LogP) is 1.78. The first-order valence-electron chi connectivity index (χ1n) is 7.66. The molecule has 0 saturated carbocycles. The van der Waals surface area contributed by atoms with Crippen molar-refractivity contribution in [2.45, 2.75) is 53.0 Å². The highest BCUT2D eigenvalue weighted by atomic mass is 32.2. The molecule has 1 N–H and O–H groups in total. The van der Waals surface area contributed by atoms with E-state index in [-0.39, 0.29) is 11.8 Å².